The lowest BCUT2D eigenvalue weighted by atomic mass is 10.1. The van der Waals surface area contributed by atoms with Crippen LogP contribution in [0.25, 0.3) is 10.8 Å². The number of sulfonamides is 1. The van der Waals surface area contributed by atoms with Gasteiger partial charge in [0.2, 0.25) is 10.0 Å². The molecule has 1 heterocycles. The molecule has 0 bridgehead atoms. The third kappa shape index (κ3) is 4.67. The predicted molar refractivity (Wildman–Crippen MR) is 113 cm³/mol. The van der Waals surface area contributed by atoms with Gasteiger partial charge in [-0.25, -0.2) is 12.7 Å². The highest BCUT2D eigenvalue weighted by atomic mass is 32.2. The van der Waals surface area contributed by atoms with Crippen LogP contribution in [0.2, 0.25) is 0 Å². The molecule has 0 aliphatic carbocycles. The van der Waals surface area contributed by atoms with E-state index in [9.17, 15) is 13.2 Å². The second-order valence-electron chi connectivity index (χ2n) is 7.30. The Hall–Kier alpha value is -2.68. The molecule has 1 aromatic heterocycles. The lowest BCUT2D eigenvalue weighted by molar-refractivity contribution is -0.917. The maximum Gasteiger partial charge on any atom is 0.254 e. The molecule has 0 radical (unpaired) electrons. The van der Waals surface area contributed by atoms with Crippen LogP contribution in [-0.4, -0.2) is 45.5 Å². The first-order valence-corrected chi connectivity index (χ1v) is 10.7. The fourth-order valence-electron chi connectivity index (χ4n) is 3.20. The van der Waals surface area contributed by atoms with Crippen LogP contribution in [0, 0.1) is 0 Å². The van der Waals surface area contributed by atoms with Crippen LogP contribution in [0.15, 0.2) is 64.4 Å². The Morgan fingerprint density at radius 1 is 1.03 bits per heavy atom. The van der Waals surface area contributed by atoms with Crippen molar-refractivity contribution in [2.24, 2.45) is 0 Å². The summed E-state index contributed by atoms with van der Waals surface area (Å²) < 4.78 is 32.5. The standard InChI is InChI=1S/C21H25N3O4S/c1-22(2)29(26,27)20-9-10-21(25)24(14-20)15-23(3)13-16-5-6-18-12-19(28-4)8-7-17(18)11-16/h5-12,14H,13,15H2,1-4H3/p+1. The van der Waals surface area contributed by atoms with Crippen molar-refractivity contribution in [1.29, 1.82) is 0 Å². The van der Waals surface area contributed by atoms with E-state index < -0.39 is 10.0 Å². The number of aromatic nitrogens is 1. The molecule has 8 heteroatoms. The van der Waals surface area contributed by atoms with Gasteiger partial charge in [0, 0.05) is 31.9 Å². The number of hydrogen-bond acceptors (Lipinski definition) is 4. The zero-order valence-electron chi connectivity index (χ0n) is 17.0. The van der Waals surface area contributed by atoms with E-state index in [1.807, 2.05) is 25.2 Å². The summed E-state index contributed by atoms with van der Waals surface area (Å²) in [6.07, 6.45) is 1.41. The summed E-state index contributed by atoms with van der Waals surface area (Å²) in [6.45, 7) is 1.05. The van der Waals surface area contributed by atoms with E-state index in [2.05, 4.69) is 18.2 Å². The Labute approximate surface area is 170 Å². The Morgan fingerprint density at radius 3 is 2.41 bits per heavy atom. The van der Waals surface area contributed by atoms with Gasteiger partial charge < -0.3 is 9.64 Å². The molecule has 154 valence electrons. The number of fused-ring (bicyclic) bond motifs is 1. The van der Waals surface area contributed by atoms with Gasteiger partial charge in [0.1, 0.15) is 12.3 Å². The molecular weight excluding hydrogens is 390 g/mol. The number of methoxy groups -OCH3 is 1. The molecule has 2 aromatic carbocycles. The van der Waals surface area contributed by atoms with Crippen molar-refractivity contribution in [3.63, 3.8) is 0 Å². The third-order valence-corrected chi connectivity index (χ3v) is 6.59. The van der Waals surface area contributed by atoms with Gasteiger partial charge in [0.25, 0.3) is 5.56 Å². The number of benzene rings is 2. The van der Waals surface area contributed by atoms with E-state index in [0.29, 0.717) is 13.2 Å². The molecule has 3 aromatic rings. The monoisotopic (exact) mass is 416 g/mol. The fourth-order valence-corrected chi connectivity index (χ4v) is 4.12. The van der Waals surface area contributed by atoms with E-state index in [1.165, 1.54) is 37.0 Å². The van der Waals surface area contributed by atoms with Gasteiger partial charge >= 0.3 is 0 Å². The van der Waals surface area contributed by atoms with Gasteiger partial charge in [-0.1, -0.05) is 18.2 Å². The maximum absolute atomic E-state index is 12.3. The number of pyridine rings is 1. The minimum Gasteiger partial charge on any atom is -0.497 e. The van der Waals surface area contributed by atoms with Gasteiger partial charge in [0.05, 0.1) is 19.1 Å². The molecule has 1 atom stereocenters. The minimum atomic E-state index is -3.59. The van der Waals surface area contributed by atoms with Crippen molar-refractivity contribution in [3.05, 3.63) is 70.6 Å². The second-order valence-corrected chi connectivity index (χ2v) is 9.45. The number of ether oxygens (including phenoxy) is 1. The SMILES string of the molecule is COc1ccc2cc(C[NH+](C)Cn3cc(S(=O)(=O)N(C)C)ccc3=O)ccc2c1. The average molecular weight is 417 g/mol. The van der Waals surface area contributed by atoms with Crippen molar-refractivity contribution >= 4 is 20.8 Å². The first-order chi connectivity index (χ1) is 13.7. The van der Waals surface area contributed by atoms with Crippen molar-refractivity contribution in [3.8, 4) is 5.75 Å². The summed E-state index contributed by atoms with van der Waals surface area (Å²) in [6, 6.07) is 14.8. The highest BCUT2D eigenvalue weighted by molar-refractivity contribution is 7.89. The summed E-state index contributed by atoms with van der Waals surface area (Å²) >= 11 is 0. The van der Waals surface area contributed by atoms with Crippen molar-refractivity contribution < 1.29 is 18.1 Å². The summed E-state index contributed by atoms with van der Waals surface area (Å²) in [5.74, 6) is 0.819. The topological polar surface area (TPSA) is 73.1 Å². The lowest BCUT2D eigenvalue weighted by Gasteiger charge is -2.17. The molecule has 0 saturated carbocycles. The Bertz CT molecular complexity index is 1190. The first kappa shape index (κ1) is 21.0. The van der Waals surface area contributed by atoms with Crippen LogP contribution in [0.5, 0.6) is 5.75 Å². The number of rotatable bonds is 7. The number of nitrogens with zero attached hydrogens (tertiary/aromatic N) is 2. The molecule has 3 rings (SSSR count). The molecule has 0 amide bonds. The van der Waals surface area contributed by atoms with E-state index >= 15 is 0 Å². The summed E-state index contributed by atoms with van der Waals surface area (Å²) in [5, 5.41) is 2.22. The minimum absolute atomic E-state index is 0.106. The molecule has 29 heavy (non-hydrogen) atoms. The van der Waals surface area contributed by atoms with Crippen LogP contribution < -0.4 is 15.2 Å². The van der Waals surface area contributed by atoms with Gasteiger partial charge in [-0.15, -0.1) is 0 Å². The Morgan fingerprint density at radius 2 is 1.72 bits per heavy atom. The molecule has 0 aliphatic rings. The van der Waals surface area contributed by atoms with Crippen LogP contribution in [0.1, 0.15) is 5.56 Å². The molecule has 0 spiro atoms. The van der Waals surface area contributed by atoms with Crippen LogP contribution in [-0.2, 0) is 23.2 Å². The van der Waals surface area contributed by atoms with Crippen molar-refractivity contribution in [2.45, 2.75) is 18.1 Å². The van der Waals surface area contributed by atoms with Gasteiger partial charge in [-0.2, -0.15) is 0 Å². The zero-order chi connectivity index (χ0) is 21.2. The van der Waals surface area contributed by atoms with Gasteiger partial charge in [0.15, 0.2) is 6.67 Å². The fraction of sp³-hybridized carbons (Fsp3) is 0.286. The van der Waals surface area contributed by atoms with Crippen LogP contribution >= 0.6 is 0 Å². The molecule has 0 saturated heterocycles. The van der Waals surface area contributed by atoms with Crippen molar-refractivity contribution in [2.75, 3.05) is 28.3 Å². The quantitative estimate of drug-likeness (QED) is 0.622. The number of hydrogen-bond donors (Lipinski definition) is 1. The first-order valence-electron chi connectivity index (χ1n) is 9.22. The molecule has 0 fully saturated rings. The highest BCUT2D eigenvalue weighted by Gasteiger charge is 2.19. The lowest BCUT2D eigenvalue weighted by Crippen LogP contribution is -3.07. The van der Waals surface area contributed by atoms with E-state index in [4.69, 9.17) is 4.74 Å². The number of nitrogens with one attached hydrogen (secondary N) is 1. The Balaban J connectivity index is 1.79. The van der Waals surface area contributed by atoms with Gasteiger partial charge in [-0.05, 0) is 35.0 Å². The van der Waals surface area contributed by atoms with Crippen LogP contribution in [0.3, 0.4) is 0 Å². The van der Waals surface area contributed by atoms with E-state index in [0.717, 1.165) is 31.3 Å². The second kappa shape index (κ2) is 8.36. The maximum atomic E-state index is 12.3. The summed E-state index contributed by atoms with van der Waals surface area (Å²) in [5.41, 5.74) is 0.901. The zero-order valence-corrected chi connectivity index (χ0v) is 17.9. The van der Waals surface area contributed by atoms with E-state index in [1.54, 1.807) is 7.11 Å². The molecule has 1 unspecified atom stereocenters. The molecular formula is C21H26N3O4S+. The molecule has 1 N–H and O–H groups in total. The Kier molecular flexibility index (Phi) is 6.07. The molecule has 7 nitrogen and oxygen atoms in total. The smallest absolute Gasteiger partial charge is 0.254 e. The summed E-state index contributed by atoms with van der Waals surface area (Å²) in [7, 11) is 2.97. The largest absolute Gasteiger partial charge is 0.497 e. The highest BCUT2D eigenvalue weighted by Crippen LogP contribution is 2.21. The van der Waals surface area contributed by atoms with Crippen LogP contribution in [0.4, 0.5) is 0 Å². The summed E-state index contributed by atoms with van der Waals surface area (Å²) in [4.78, 5) is 13.4. The average Bonchev–Trinajstić information content (AvgIpc) is 2.68. The van der Waals surface area contributed by atoms with Crippen molar-refractivity contribution in [1.82, 2.24) is 8.87 Å². The third-order valence-electron chi connectivity index (χ3n) is 4.79. The molecule has 0 aliphatic heterocycles. The predicted octanol–water partition coefficient (Wildman–Crippen LogP) is 0.933. The normalized spacial score (nSPS) is 13.0. The van der Waals surface area contributed by atoms with Gasteiger partial charge in [-0.3, -0.25) is 9.36 Å². The van der Waals surface area contributed by atoms with E-state index in [-0.39, 0.29) is 10.5 Å². The number of quaternary nitrogens is 1.